The second-order valence-electron chi connectivity index (χ2n) is 4.20. The van der Waals surface area contributed by atoms with Gasteiger partial charge >= 0.3 is 6.36 Å². The van der Waals surface area contributed by atoms with Gasteiger partial charge in [-0.3, -0.25) is 4.98 Å². The number of hydrogen-bond acceptors (Lipinski definition) is 3. The normalized spacial score (nSPS) is 11.2. The minimum Gasteiger partial charge on any atom is -0.406 e. The molecule has 0 bridgehead atoms. The van der Waals surface area contributed by atoms with E-state index >= 15 is 0 Å². The van der Waals surface area contributed by atoms with Crippen LogP contribution >= 0.6 is 0 Å². The summed E-state index contributed by atoms with van der Waals surface area (Å²) < 4.78 is 39.8. The molecule has 3 nitrogen and oxygen atoms in total. The molecule has 1 aromatic heterocycles. The lowest BCUT2D eigenvalue weighted by atomic mass is 10.2. The summed E-state index contributed by atoms with van der Waals surface area (Å²) in [7, 11) is 0. The van der Waals surface area contributed by atoms with Crippen molar-refractivity contribution in [1.29, 1.82) is 0 Å². The fourth-order valence-corrected chi connectivity index (χ4v) is 1.67. The molecule has 0 aliphatic rings. The zero-order valence-electron chi connectivity index (χ0n) is 10.7. The molecule has 0 amide bonds. The quantitative estimate of drug-likeness (QED) is 0.923. The molecule has 0 fully saturated rings. The van der Waals surface area contributed by atoms with Crippen LogP contribution in [0.15, 0.2) is 42.5 Å². The molecule has 6 heteroatoms. The van der Waals surface area contributed by atoms with Crippen molar-refractivity contribution in [3.05, 3.63) is 53.9 Å². The van der Waals surface area contributed by atoms with Crippen LogP contribution in [0.1, 0.15) is 11.4 Å². The molecule has 0 unspecified atom stereocenters. The molecule has 0 radical (unpaired) electrons. The van der Waals surface area contributed by atoms with Crippen LogP contribution in [-0.4, -0.2) is 11.3 Å². The number of nitrogens with one attached hydrogen (secondary N) is 1. The first kappa shape index (κ1) is 14.2. The van der Waals surface area contributed by atoms with Crippen molar-refractivity contribution in [2.24, 2.45) is 0 Å². The van der Waals surface area contributed by atoms with E-state index in [4.69, 9.17) is 0 Å². The first-order valence-corrected chi connectivity index (χ1v) is 5.94. The summed E-state index contributed by atoms with van der Waals surface area (Å²) in [5, 5.41) is 3.08. The molecule has 0 saturated carbocycles. The maximum Gasteiger partial charge on any atom is 0.573 e. The summed E-state index contributed by atoms with van der Waals surface area (Å²) in [4.78, 5) is 4.32. The number of hydrogen-bond donors (Lipinski definition) is 1. The van der Waals surface area contributed by atoms with Gasteiger partial charge in [0.15, 0.2) is 0 Å². The zero-order chi connectivity index (χ0) is 14.6. The van der Waals surface area contributed by atoms with Gasteiger partial charge in [-0.05, 0) is 43.3 Å². The number of pyridine rings is 1. The highest BCUT2D eigenvalue weighted by Gasteiger charge is 2.30. The van der Waals surface area contributed by atoms with Crippen molar-refractivity contribution in [2.75, 3.05) is 5.32 Å². The number of benzene rings is 1. The average Bonchev–Trinajstić information content (AvgIpc) is 2.36. The fourth-order valence-electron chi connectivity index (χ4n) is 1.67. The third-order valence-corrected chi connectivity index (χ3v) is 2.51. The van der Waals surface area contributed by atoms with E-state index in [1.165, 1.54) is 24.3 Å². The average molecular weight is 282 g/mol. The summed E-state index contributed by atoms with van der Waals surface area (Å²) >= 11 is 0. The summed E-state index contributed by atoms with van der Waals surface area (Å²) in [5.41, 5.74) is 2.47. The molecule has 1 N–H and O–H groups in total. The third-order valence-electron chi connectivity index (χ3n) is 2.51. The minimum atomic E-state index is -4.67. The molecular formula is C14H13F3N2O. The van der Waals surface area contributed by atoms with Crippen molar-refractivity contribution in [3.8, 4) is 5.75 Å². The van der Waals surface area contributed by atoms with Gasteiger partial charge in [-0.2, -0.15) is 0 Å². The van der Waals surface area contributed by atoms with Crippen molar-refractivity contribution in [2.45, 2.75) is 19.8 Å². The highest BCUT2D eigenvalue weighted by Crippen LogP contribution is 2.24. The van der Waals surface area contributed by atoms with Gasteiger partial charge in [0.25, 0.3) is 0 Å². The Balaban J connectivity index is 1.94. The second-order valence-corrected chi connectivity index (χ2v) is 4.20. The van der Waals surface area contributed by atoms with Crippen molar-refractivity contribution >= 4 is 5.69 Å². The molecule has 0 spiro atoms. The Labute approximate surface area is 114 Å². The molecule has 1 aromatic carbocycles. The Bertz CT molecular complexity index is 567. The SMILES string of the molecule is Cc1cccc(CNc2ccc(OC(F)(F)F)cc2)n1. The van der Waals surface area contributed by atoms with E-state index in [1.54, 1.807) is 0 Å². The van der Waals surface area contributed by atoms with Crippen LogP contribution in [-0.2, 0) is 6.54 Å². The number of ether oxygens (including phenoxy) is 1. The monoisotopic (exact) mass is 282 g/mol. The lowest BCUT2D eigenvalue weighted by Gasteiger charge is -2.10. The molecule has 2 aromatic rings. The lowest BCUT2D eigenvalue weighted by Crippen LogP contribution is -2.17. The Kier molecular flexibility index (Phi) is 4.12. The van der Waals surface area contributed by atoms with Gasteiger partial charge in [-0.1, -0.05) is 6.07 Å². The van der Waals surface area contributed by atoms with Gasteiger partial charge in [-0.15, -0.1) is 13.2 Å². The van der Waals surface area contributed by atoms with Crippen molar-refractivity contribution in [1.82, 2.24) is 4.98 Å². The van der Waals surface area contributed by atoms with Crippen molar-refractivity contribution < 1.29 is 17.9 Å². The van der Waals surface area contributed by atoms with E-state index in [0.717, 1.165) is 11.4 Å². The highest BCUT2D eigenvalue weighted by atomic mass is 19.4. The highest BCUT2D eigenvalue weighted by molar-refractivity contribution is 5.46. The van der Waals surface area contributed by atoms with E-state index in [9.17, 15) is 13.2 Å². The Morgan fingerprint density at radius 1 is 1.10 bits per heavy atom. The number of anilines is 1. The topological polar surface area (TPSA) is 34.1 Å². The number of rotatable bonds is 4. The first-order chi connectivity index (χ1) is 9.42. The van der Waals surface area contributed by atoms with Crippen LogP contribution in [0.4, 0.5) is 18.9 Å². The predicted molar refractivity (Wildman–Crippen MR) is 69.4 cm³/mol. The van der Waals surface area contributed by atoms with E-state index in [2.05, 4.69) is 15.0 Å². The molecule has 0 atom stereocenters. The molecule has 106 valence electrons. The summed E-state index contributed by atoms with van der Waals surface area (Å²) in [6.45, 7) is 2.40. The summed E-state index contributed by atoms with van der Waals surface area (Å²) in [6, 6.07) is 11.3. The molecule has 0 saturated heterocycles. The molecule has 20 heavy (non-hydrogen) atoms. The third kappa shape index (κ3) is 4.46. The zero-order valence-corrected chi connectivity index (χ0v) is 10.7. The lowest BCUT2D eigenvalue weighted by molar-refractivity contribution is -0.274. The molecule has 1 heterocycles. The number of alkyl halides is 3. The van der Waals surface area contributed by atoms with Crippen LogP contribution in [0, 0.1) is 6.92 Å². The number of halogens is 3. The maximum absolute atomic E-state index is 12.0. The van der Waals surface area contributed by atoms with Crippen LogP contribution in [0.25, 0.3) is 0 Å². The Morgan fingerprint density at radius 2 is 1.80 bits per heavy atom. The first-order valence-electron chi connectivity index (χ1n) is 5.94. The van der Waals surface area contributed by atoms with E-state index < -0.39 is 6.36 Å². The van der Waals surface area contributed by atoms with Crippen LogP contribution in [0.5, 0.6) is 5.75 Å². The fraction of sp³-hybridized carbons (Fsp3) is 0.214. The summed E-state index contributed by atoms with van der Waals surface area (Å²) in [6.07, 6.45) is -4.67. The smallest absolute Gasteiger partial charge is 0.406 e. The van der Waals surface area contributed by atoms with Crippen LogP contribution in [0.2, 0.25) is 0 Å². The van der Waals surface area contributed by atoms with E-state index in [0.29, 0.717) is 12.2 Å². The summed E-state index contributed by atoms with van der Waals surface area (Å²) in [5.74, 6) is -0.239. The Hall–Kier alpha value is -2.24. The predicted octanol–water partition coefficient (Wildman–Crippen LogP) is 3.90. The Morgan fingerprint density at radius 3 is 2.40 bits per heavy atom. The maximum atomic E-state index is 12.0. The number of aryl methyl sites for hydroxylation is 1. The number of aromatic nitrogens is 1. The standard InChI is InChI=1S/C14H13F3N2O/c1-10-3-2-4-12(19-10)9-18-11-5-7-13(8-6-11)20-14(15,16)17/h2-8,18H,9H2,1H3. The van der Waals surface area contributed by atoms with Gasteiger partial charge in [0.1, 0.15) is 5.75 Å². The largest absolute Gasteiger partial charge is 0.573 e. The number of nitrogens with zero attached hydrogens (tertiary/aromatic N) is 1. The van der Waals surface area contributed by atoms with E-state index in [1.807, 2.05) is 25.1 Å². The second kappa shape index (κ2) is 5.81. The molecular weight excluding hydrogens is 269 g/mol. The molecule has 0 aliphatic heterocycles. The van der Waals surface area contributed by atoms with Gasteiger partial charge in [0.05, 0.1) is 12.2 Å². The minimum absolute atomic E-state index is 0.239. The molecule has 0 aliphatic carbocycles. The van der Waals surface area contributed by atoms with Gasteiger partial charge in [-0.25, -0.2) is 0 Å². The van der Waals surface area contributed by atoms with Gasteiger partial charge < -0.3 is 10.1 Å². The van der Waals surface area contributed by atoms with Crippen LogP contribution in [0.3, 0.4) is 0 Å². The van der Waals surface area contributed by atoms with Crippen LogP contribution < -0.4 is 10.1 Å². The molecule has 2 rings (SSSR count). The van der Waals surface area contributed by atoms with Gasteiger partial charge in [0, 0.05) is 11.4 Å². The van der Waals surface area contributed by atoms with Crippen molar-refractivity contribution in [3.63, 3.8) is 0 Å². The van der Waals surface area contributed by atoms with Gasteiger partial charge in [0.2, 0.25) is 0 Å². The van der Waals surface area contributed by atoms with E-state index in [-0.39, 0.29) is 5.75 Å².